The summed E-state index contributed by atoms with van der Waals surface area (Å²) in [7, 11) is 1.57. The van der Waals surface area contributed by atoms with E-state index >= 15 is 0 Å². The minimum atomic E-state index is -1.45. The van der Waals surface area contributed by atoms with Gasteiger partial charge < -0.3 is 14.6 Å². The fourth-order valence-electron chi connectivity index (χ4n) is 3.87. The van der Waals surface area contributed by atoms with Crippen LogP contribution < -0.4 is 14.4 Å². The molecular weight excluding hydrogens is 386 g/mol. The maximum absolute atomic E-state index is 13.4. The maximum Gasteiger partial charge on any atom is 0.511 e. The number of benzene rings is 1. The van der Waals surface area contributed by atoms with Crippen LogP contribution in [0.3, 0.4) is 0 Å². The quantitative estimate of drug-likeness (QED) is 0.698. The molecule has 1 amide bonds. The second-order valence-electron chi connectivity index (χ2n) is 8.09. The Morgan fingerprint density at radius 1 is 1.23 bits per heavy atom. The van der Waals surface area contributed by atoms with Gasteiger partial charge in [-0.1, -0.05) is 13.0 Å². The summed E-state index contributed by atoms with van der Waals surface area (Å²) in [5.74, 6) is 1.36. The first-order chi connectivity index (χ1) is 14.3. The van der Waals surface area contributed by atoms with Crippen LogP contribution in [-0.2, 0) is 4.79 Å². The van der Waals surface area contributed by atoms with E-state index in [0.717, 1.165) is 25.7 Å². The first-order valence-corrected chi connectivity index (χ1v) is 10.3. The van der Waals surface area contributed by atoms with Crippen LogP contribution in [0.25, 0.3) is 5.69 Å². The van der Waals surface area contributed by atoms with Gasteiger partial charge >= 0.3 is 6.16 Å². The minimum Gasteiger partial charge on any atom is -0.497 e. The summed E-state index contributed by atoms with van der Waals surface area (Å²) in [5.41, 5.74) is 0.665. The molecule has 162 valence electrons. The van der Waals surface area contributed by atoms with Gasteiger partial charge in [0.1, 0.15) is 5.75 Å². The molecule has 8 heteroatoms. The summed E-state index contributed by atoms with van der Waals surface area (Å²) >= 11 is 0. The summed E-state index contributed by atoms with van der Waals surface area (Å²) in [6.45, 7) is 5.98. The highest BCUT2D eigenvalue weighted by Crippen LogP contribution is 2.35. The summed E-state index contributed by atoms with van der Waals surface area (Å²) in [6.07, 6.45) is 3.70. The number of carboxylic acid groups (broad SMARTS) is 1. The third kappa shape index (κ3) is 4.75. The Kier molecular flexibility index (Phi) is 6.64. The molecule has 1 aliphatic rings. The molecule has 0 bridgehead atoms. The van der Waals surface area contributed by atoms with E-state index in [1.807, 2.05) is 26.0 Å². The predicted molar refractivity (Wildman–Crippen MR) is 113 cm³/mol. The highest BCUT2D eigenvalue weighted by Gasteiger charge is 2.34. The molecule has 1 heterocycles. The molecule has 1 N–H and O–H groups in total. The van der Waals surface area contributed by atoms with Crippen LogP contribution in [0.4, 0.5) is 10.6 Å². The number of nitrogens with zero attached hydrogens (tertiary/aromatic N) is 3. The van der Waals surface area contributed by atoms with Crippen molar-refractivity contribution in [1.82, 2.24) is 9.78 Å². The molecule has 0 saturated heterocycles. The lowest BCUT2D eigenvalue weighted by molar-refractivity contribution is -0.124. The first kappa shape index (κ1) is 21.7. The van der Waals surface area contributed by atoms with Gasteiger partial charge in [-0.2, -0.15) is 0 Å². The lowest BCUT2D eigenvalue weighted by Gasteiger charge is -2.32. The van der Waals surface area contributed by atoms with Gasteiger partial charge in [-0.05, 0) is 57.6 Å². The Labute approximate surface area is 176 Å². The van der Waals surface area contributed by atoms with Crippen molar-refractivity contribution in [2.45, 2.75) is 52.5 Å². The number of aromatic nitrogens is 2. The van der Waals surface area contributed by atoms with E-state index in [9.17, 15) is 14.7 Å². The van der Waals surface area contributed by atoms with Gasteiger partial charge in [0.2, 0.25) is 11.7 Å². The predicted octanol–water partition coefficient (Wildman–Crippen LogP) is 4.51. The van der Waals surface area contributed by atoms with E-state index in [0.29, 0.717) is 17.4 Å². The van der Waals surface area contributed by atoms with Crippen molar-refractivity contribution in [3.63, 3.8) is 0 Å². The molecule has 1 aromatic carbocycles. The molecule has 0 aliphatic heterocycles. The molecule has 2 aromatic rings. The van der Waals surface area contributed by atoms with Gasteiger partial charge in [-0.15, -0.1) is 5.10 Å². The molecule has 1 aliphatic carbocycles. The number of amides is 1. The van der Waals surface area contributed by atoms with E-state index in [1.165, 1.54) is 10.9 Å². The van der Waals surface area contributed by atoms with Crippen molar-refractivity contribution in [3.8, 4) is 17.2 Å². The van der Waals surface area contributed by atoms with Crippen LogP contribution in [0, 0.1) is 11.8 Å². The van der Waals surface area contributed by atoms with E-state index in [2.05, 4.69) is 12.0 Å². The summed E-state index contributed by atoms with van der Waals surface area (Å²) in [5, 5.41) is 13.7. The number of hydrogen-bond acceptors (Lipinski definition) is 5. The molecule has 0 atom stereocenters. The second kappa shape index (κ2) is 9.19. The van der Waals surface area contributed by atoms with E-state index < -0.39 is 6.16 Å². The third-order valence-corrected chi connectivity index (χ3v) is 5.52. The third-order valence-electron chi connectivity index (χ3n) is 5.52. The molecule has 0 radical (unpaired) electrons. The van der Waals surface area contributed by atoms with Crippen molar-refractivity contribution in [3.05, 3.63) is 30.5 Å². The maximum atomic E-state index is 13.4. The van der Waals surface area contributed by atoms with Crippen LogP contribution in [0.2, 0.25) is 0 Å². The molecule has 30 heavy (non-hydrogen) atoms. The Morgan fingerprint density at radius 2 is 1.93 bits per heavy atom. The van der Waals surface area contributed by atoms with Gasteiger partial charge in [-0.25, -0.2) is 9.48 Å². The van der Waals surface area contributed by atoms with Crippen LogP contribution >= 0.6 is 0 Å². The van der Waals surface area contributed by atoms with Crippen molar-refractivity contribution in [1.29, 1.82) is 0 Å². The van der Waals surface area contributed by atoms with E-state index in [4.69, 9.17) is 9.47 Å². The summed E-state index contributed by atoms with van der Waals surface area (Å²) < 4.78 is 11.8. The highest BCUT2D eigenvalue weighted by molar-refractivity contribution is 5.96. The SMILES string of the molecule is COc1cccc(-n2cc(OC(=O)O)c(N(C(=O)[C@H]3CC[C@H](C)CC3)C(C)C)n2)c1. The zero-order chi connectivity index (χ0) is 21.8. The standard InChI is InChI=1S/C22H29N3O5/c1-14(2)25(21(26)16-10-8-15(3)9-11-16)20-19(30-22(27)28)13-24(23-20)17-6-5-7-18(12-17)29-4/h5-7,12-16H,8-11H2,1-4H3,(H,27,28)/t15-,16-. The Hall–Kier alpha value is -3.03. The number of hydrogen-bond donors (Lipinski definition) is 1. The van der Waals surface area contributed by atoms with Crippen molar-refractivity contribution in [2.75, 3.05) is 12.0 Å². The summed E-state index contributed by atoms with van der Waals surface area (Å²) in [6, 6.07) is 6.99. The second-order valence-corrected chi connectivity index (χ2v) is 8.09. The number of carbonyl (C=O) groups is 2. The van der Waals surface area contributed by atoms with Gasteiger partial charge in [0.25, 0.3) is 0 Å². The minimum absolute atomic E-state index is 0.0246. The number of anilines is 1. The molecule has 0 unspecified atom stereocenters. The lowest BCUT2D eigenvalue weighted by atomic mass is 9.82. The molecule has 3 rings (SSSR count). The Bertz CT molecular complexity index is 900. The average molecular weight is 415 g/mol. The van der Waals surface area contributed by atoms with Gasteiger partial charge in [0.05, 0.1) is 19.0 Å². The van der Waals surface area contributed by atoms with Crippen LogP contribution in [0.5, 0.6) is 11.5 Å². The monoisotopic (exact) mass is 415 g/mol. The molecule has 1 aromatic heterocycles. The largest absolute Gasteiger partial charge is 0.511 e. The smallest absolute Gasteiger partial charge is 0.497 e. The van der Waals surface area contributed by atoms with Crippen molar-refractivity contribution in [2.24, 2.45) is 11.8 Å². The molecule has 8 nitrogen and oxygen atoms in total. The number of methoxy groups -OCH3 is 1. The normalized spacial score (nSPS) is 18.8. The van der Waals surface area contributed by atoms with Crippen molar-refractivity contribution >= 4 is 17.9 Å². The zero-order valence-electron chi connectivity index (χ0n) is 17.9. The van der Waals surface area contributed by atoms with Crippen molar-refractivity contribution < 1.29 is 24.2 Å². The zero-order valence-corrected chi connectivity index (χ0v) is 17.9. The topological polar surface area (TPSA) is 93.9 Å². The van der Waals surface area contributed by atoms with Gasteiger partial charge in [0, 0.05) is 18.0 Å². The summed E-state index contributed by atoms with van der Waals surface area (Å²) in [4.78, 5) is 26.2. The number of rotatable bonds is 6. The molecule has 1 saturated carbocycles. The van der Waals surface area contributed by atoms with Crippen LogP contribution in [-0.4, -0.2) is 40.1 Å². The molecule has 1 fully saturated rings. The molecular formula is C22H29N3O5. The highest BCUT2D eigenvalue weighted by atomic mass is 16.7. The average Bonchev–Trinajstić information content (AvgIpc) is 3.11. The van der Waals surface area contributed by atoms with E-state index in [1.54, 1.807) is 24.1 Å². The first-order valence-electron chi connectivity index (χ1n) is 10.3. The van der Waals surface area contributed by atoms with Crippen LogP contribution in [0.15, 0.2) is 30.5 Å². The number of carbonyl (C=O) groups excluding carboxylic acids is 1. The van der Waals surface area contributed by atoms with Gasteiger partial charge in [0.15, 0.2) is 5.75 Å². The lowest BCUT2D eigenvalue weighted by Crippen LogP contribution is -2.42. The fraction of sp³-hybridized carbons (Fsp3) is 0.500. The Balaban J connectivity index is 2.00. The Morgan fingerprint density at radius 3 is 2.53 bits per heavy atom. The van der Waals surface area contributed by atoms with Crippen LogP contribution in [0.1, 0.15) is 46.5 Å². The molecule has 0 spiro atoms. The fourth-order valence-corrected chi connectivity index (χ4v) is 3.87. The van der Waals surface area contributed by atoms with Gasteiger partial charge in [-0.3, -0.25) is 9.69 Å². The van der Waals surface area contributed by atoms with E-state index in [-0.39, 0.29) is 29.4 Å². The number of ether oxygens (including phenoxy) is 2.